The molecule has 0 bridgehead atoms. The van der Waals surface area contributed by atoms with E-state index in [1.165, 1.54) is 12.3 Å². The minimum absolute atomic E-state index is 0.0986. The summed E-state index contributed by atoms with van der Waals surface area (Å²) in [7, 11) is 5.78. The van der Waals surface area contributed by atoms with Crippen molar-refractivity contribution in [1.29, 1.82) is 0 Å². The Bertz CT molecular complexity index is 2030. The third kappa shape index (κ3) is 7.61. The molecule has 0 radical (unpaired) electrons. The maximum Gasteiger partial charge on any atom is 0.498 e. The van der Waals surface area contributed by atoms with Crippen molar-refractivity contribution in [3.63, 3.8) is 0 Å². The van der Waals surface area contributed by atoms with Crippen molar-refractivity contribution in [2.75, 3.05) is 45.6 Å². The number of nitrogen functional groups attached to an aromatic ring is 3. The summed E-state index contributed by atoms with van der Waals surface area (Å²) in [4.78, 5) is 12.5. The smallest absolute Gasteiger partial charge is 0.493 e. The van der Waals surface area contributed by atoms with Gasteiger partial charge in [-0.3, -0.25) is 4.98 Å². The summed E-state index contributed by atoms with van der Waals surface area (Å²) in [5.74, 6) is 2.53. The highest BCUT2D eigenvalue weighted by Gasteiger charge is 2.52. The summed E-state index contributed by atoms with van der Waals surface area (Å²) < 4.78 is 47.7. The molecule has 0 spiro atoms. The first-order valence-electron chi connectivity index (χ1n) is 15.9. The summed E-state index contributed by atoms with van der Waals surface area (Å²) in [5, 5.41) is 0. The second-order valence-electron chi connectivity index (χ2n) is 12.7. The van der Waals surface area contributed by atoms with Gasteiger partial charge in [0.25, 0.3) is 0 Å². The highest BCUT2D eigenvalue weighted by molar-refractivity contribution is 6.63. The van der Waals surface area contributed by atoms with Crippen LogP contribution in [0, 0.1) is 5.82 Å². The molecule has 266 valence electrons. The van der Waals surface area contributed by atoms with E-state index in [9.17, 15) is 4.39 Å². The zero-order chi connectivity index (χ0) is 37.1. The lowest BCUT2D eigenvalue weighted by Gasteiger charge is -2.32. The Labute approximate surface area is 297 Å². The monoisotopic (exact) mass is 696 g/mol. The molecule has 6 rings (SSSR count). The highest BCUT2D eigenvalue weighted by Crippen LogP contribution is 2.38. The predicted molar refractivity (Wildman–Crippen MR) is 198 cm³/mol. The van der Waals surface area contributed by atoms with E-state index in [1.807, 2.05) is 64.1 Å². The van der Waals surface area contributed by atoms with Crippen LogP contribution < -0.4 is 41.6 Å². The van der Waals surface area contributed by atoms with E-state index in [1.54, 1.807) is 53.0 Å². The van der Waals surface area contributed by atoms with Gasteiger partial charge in [-0.2, -0.15) is 0 Å². The van der Waals surface area contributed by atoms with Gasteiger partial charge in [0, 0.05) is 35.0 Å². The number of anilines is 3. The number of benzene rings is 2. The fraction of sp³-hybridized carbons (Fsp3) is 0.270. The lowest BCUT2D eigenvalue weighted by molar-refractivity contribution is 0.00578. The maximum atomic E-state index is 14.2. The number of ether oxygens (including phenoxy) is 4. The van der Waals surface area contributed by atoms with Crippen LogP contribution in [0.3, 0.4) is 0 Å². The van der Waals surface area contributed by atoms with Crippen LogP contribution in [0.4, 0.5) is 21.7 Å². The third-order valence-corrected chi connectivity index (χ3v) is 8.93. The number of halogens is 1. The van der Waals surface area contributed by atoms with Gasteiger partial charge < -0.3 is 45.5 Å². The highest BCUT2D eigenvalue weighted by atomic mass is 19.1. The molecule has 1 aliphatic heterocycles. The van der Waals surface area contributed by atoms with E-state index in [0.29, 0.717) is 34.4 Å². The first-order chi connectivity index (χ1) is 24.2. The molecule has 1 fully saturated rings. The van der Waals surface area contributed by atoms with Crippen LogP contribution in [0.1, 0.15) is 27.7 Å². The molecule has 0 saturated carbocycles. The van der Waals surface area contributed by atoms with E-state index in [2.05, 4.69) is 15.0 Å². The van der Waals surface area contributed by atoms with Crippen LogP contribution in [0.5, 0.6) is 23.0 Å². The predicted octanol–water partition coefficient (Wildman–Crippen LogP) is 5.78. The number of methoxy groups -OCH3 is 4. The molecule has 3 aromatic heterocycles. The Morgan fingerprint density at radius 2 is 1.08 bits per heavy atom. The summed E-state index contributed by atoms with van der Waals surface area (Å²) in [6.45, 7) is 8.03. The van der Waals surface area contributed by atoms with Gasteiger partial charge in [-0.25, -0.2) is 14.4 Å². The van der Waals surface area contributed by atoms with Gasteiger partial charge in [0.1, 0.15) is 17.3 Å². The first kappa shape index (κ1) is 36.7. The van der Waals surface area contributed by atoms with Gasteiger partial charge in [0.05, 0.1) is 51.5 Å². The van der Waals surface area contributed by atoms with E-state index in [4.69, 9.17) is 45.5 Å². The van der Waals surface area contributed by atoms with Crippen LogP contribution in [-0.2, 0) is 9.31 Å². The molecule has 4 heterocycles. The topological polar surface area (TPSA) is 172 Å². The largest absolute Gasteiger partial charge is 0.498 e. The van der Waals surface area contributed by atoms with Crippen molar-refractivity contribution >= 4 is 29.9 Å². The second-order valence-corrected chi connectivity index (χ2v) is 12.7. The van der Waals surface area contributed by atoms with Crippen molar-refractivity contribution in [2.45, 2.75) is 38.9 Å². The summed E-state index contributed by atoms with van der Waals surface area (Å²) in [6.07, 6.45) is 4.71. The van der Waals surface area contributed by atoms with Crippen molar-refractivity contribution in [1.82, 2.24) is 15.0 Å². The lowest BCUT2D eigenvalue weighted by atomic mass is 9.78. The fourth-order valence-electron chi connectivity index (χ4n) is 5.31. The number of hydrogen-bond donors (Lipinski definition) is 3. The number of nitrogens with zero attached hydrogens (tertiary/aromatic N) is 3. The minimum atomic E-state index is -0.562. The molecular formula is C37H42BFN6O6. The molecule has 0 unspecified atom stereocenters. The Hall–Kier alpha value is -5.60. The Kier molecular flexibility index (Phi) is 10.6. The van der Waals surface area contributed by atoms with E-state index in [-0.39, 0.29) is 17.2 Å². The molecule has 51 heavy (non-hydrogen) atoms. The Balaban J connectivity index is 0.000000198. The molecule has 5 aromatic rings. The molecule has 2 aromatic carbocycles. The van der Waals surface area contributed by atoms with Gasteiger partial charge in [0.2, 0.25) is 0 Å². The molecule has 1 saturated heterocycles. The van der Waals surface area contributed by atoms with Gasteiger partial charge in [-0.1, -0.05) is 12.1 Å². The quantitative estimate of drug-likeness (QED) is 0.167. The average molecular weight is 697 g/mol. The van der Waals surface area contributed by atoms with Crippen molar-refractivity contribution in [2.24, 2.45) is 0 Å². The van der Waals surface area contributed by atoms with Crippen LogP contribution in [0.2, 0.25) is 0 Å². The van der Waals surface area contributed by atoms with Crippen LogP contribution in [0.25, 0.3) is 33.5 Å². The summed E-state index contributed by atoms with van der Waals surface area (Å²) in [5.41, 5.74) is 21.5. The average Bonchev–Trinajstić information content (AvgIpc) is 3.34. The maximum absolute atomic E-state index is 14.2. The molecule has 0 atom stereocenters. The van der Waals surface area contributed by atoms with Crippen LogP contribution in [-0.4, -0.2) is 61.7 Å². The second kappa shape index (κ2) is 14.7. The van der Waals surface area contributed by atoms with Crippen LogP contribution >= 0.6 is 0 Å². The van der Waals surface area contributed by atoms with Gasteiger partial charge in [0.15, 0.2) is 28.8 Å². The molecule has 12 nitrogen and oxygen atoms in total. The number of nitrogens with two attached hydrogens (primary N) is 3. The van der Waals surface area contributed by atoms with E-state index in [0.717, 1.165) is 27.7 Å². The van der Waals surface area contributed by atoms with E-state index >= 15 is 0 Å². The standard InChI is InChI=1S/C19H25BN2O4.C18H17FN4O2/c1-18(2)19(3,4)26-20(25-18)14-9-13(11-22-17(14)21)12-7-8-15(23-5)16(10-12)24-6;1-24-15-4-3-10(6-16(15)25-2)11-5-13(18(21)23-8-11)17-14(19)7-12(20)9-22-17/h7-11H,1-6H3,(H2,21,22);3-9H,20H2,1-2H3,(H2,21,23). The summed E-state index contributed by atoms with van der Waals surface area (Å²) >= 11 is 0. The number of hydrogen-bond acceptors (Lipinski definition) is 12. The van der Waals surface area contributed by atoms with Gasteiger partial charge in [-0.15, -0.1) is 0 Å². The molecule has 0 aliphatic carbocycles. The normalized spacial score (nSPS) is 14.3. The number of pyridine rings is 3. The molecule has 6 N–H and O–H groups in total. The molecule has 1 aliphatic rings. The molecule has 14 heteroatoms. The summed E-state index contributed by atoms with van der Waals surface area (Å²) in [6, 6.07) is 16.0. The molecular weight excluding hydrogens is 654 g/mol. The molecule has 0 amide bonds. The number of rotatable bonds is 8. The number of aromatic nitrogens is 3. The first-order valence-corrected chi connectivity index (χ1v) is 15.9. The van der Waals surface area contributed by atoms with Crippen LogP contribution in [0.15, 0.2) is 73.2 Å². The van der Waals surface area contributed by atoms with Gasteiger partial charge in [-0.05, 0) is 80.8 Å². The fourth-order valence-corrected chi connectivity index (χ4v) is 5.31. The van der Waals surface area contributed by atoms with Crippen molar-refractivity contribution in [3.8, 4) is 56.5 Å². The van der Waals surface area contributed by atoms with Crippen molar-refractivity contribution in [3.05, 3.63) is 79.0 Å². The Morgan fingerprint density at radius 3 is 1.57 bits per heavy atom. The third-order valence-electron chi connectivity index (χ3n) is 8.93. The zero-order valence-corrected chi connectivity index (χ0v) is 29.9. The lowest BCUT2D eigenvalue weighted by Crippen LogP contribution is -2.41. The zero-order valence-electron chi connectivity index (χ0n) is 29.9. The van der Waals surface area contributed by atoms with E-state index < -0.39 is 24.1 Å². The van der Waals surface area contributed by atoms with Gasteiger partial charge >= 0.3 is 7.12 Å². The van der Waals surface area contributed by atoms with Crippen molar-refractivity contribution < 1.29 is 32.6 Å². The SMILES string of the molecule is COc1ccc(-c2cnc(N)c(-c3ncc(N)cc3F)c2)cc1OC.COc1ccc(-c2cnc(N)c(B3OC(C)(C)C(C)(C)O3)c2)cc1OC. The Morgan fingerprint density at radius 1 is 0.588 bits per heavy atom. The minimum Gasteiger partial charge on any atom is -0.493 e.